The molecule has 0 fully saturated rings. The number of hydrogen-bond acceptors (Lipinski definition) is 8. The monoisotopic (exact) mass is 462 g/mol. The van der Waals surface area contributed by atoms with E-state index in [0.29, 0.717) is 40.4 Å². The molecule has 0 unspecified atom stereocenters. The fourth-order valence-corrected chi connectivity index (χ4v) is 3.79. The van der Waals surface area contributed by atoms with Crippen LogP contribution in [0.4, 0.5) is 17.2 Å². The van der Waals surface area contributed by atoms with E-state index in [1.165, 1.54) is 6.92 Å². The summed E-state index contributed by atoms with van der Waals surface area (Å²) in [5.41, 5.74) is 3.43. The van der Waals surface area contributed by atoms with Gasteiger partial charge in [0.15, 0.2) is 17.3 Å². The van der Waals surface area contributed by atoms with E-state index >= 15 is 0 Å². The number of nitrogens with zero attached hydrogens (tertiary/aromatic N) is 2. The molecule has 1 amide bonds. The lowest BCUT2D eigenvalue weighted by Gasteiger charge is -2.19. The number of aromatic nitrogens is 2. The number of carbonyl (C=O) groups excluding carboxylic acids is 1. The third-order valence-electron chi connectivity index (χ3n) is 5.24. The van der Waals surface area contributed by atoms with Gasteiger partial charge in [0.25, 0.3) is 0 Å². The minimum atomic E-state index is -0.109. The molecule has 4 rings (SSSR count). The summed E-state index contributed by atoms with van der Waals surface area (Å²) in [6.07, 6.45) is 8.93. The summed E-state index contributed by atoms with van der Waals surface area (Å²) in [5, 5.41) is 6.08. The van der Waals surface area contributed by atoms with Gasteiger partial charge in [0.2, 0.25) is 17.5 Å². The molecule has 1 aromatic heterocycles. The summed E-state index contributed by atoms with van der Waals surface area (Å²) in [7, 11) is 4.67. The maximum atomic E-state index is 11.6. The number of methoxy groups -OCH3 is 3. The van der Waals surface area contributed by atoms with Gasteiger partial charge >= 0.3 is 0 Å². The quantitative estimate of drug-likeness (QED) is 0.484. The number of rotatable bonds is 8. The average Bonchev–Trinajstić information content (AvgIpc) is 2.85. The summed E-state index contributed by atoms with van der Waals surface area (Å²) >= 11 is 0. The van der Waals surface area contributed by atoms with Crippen molar-refractivity contribution in [2.75, 3.05) is 32.0 Å². The van der Waals surface area contributed by atoms with Crippen molar-refractivity contribution in [2.24, 2.45) is 0 Å². The van der Waals surface area contributed by atoms with Gasteiger partial charge in [-0.25, -0.2) is 0 Å². The smallest absolute Gasteiger partial charge is 0.239 e. The fourth-order valence-electron chi connectivity index (χ4n) is 3.79. The lowest BCUT2D eigenvalue weighted by Crippen LogP contribution is -2.10. The van der Waals surface area contributed by atoms with Crippen molar-refractivity contribution in [1.29, 1.82) is 0 Å². The Kier molecular flexibility index (Phi) is 6.82. The number of anilines is 3. The number of amides is 1. The molecule has 176 valence electrons. The van der Waals surface area contributed by atoms with Crippen molar-refractivity contribution in [3.63, 3.8) is 0 Å². The third-order valence-corrected chi connectivity index (χ3v) is 5.24. The molecule has 0 saturated heterocycles. The first-order chi connectivity index (χ1) is 16.5. The number of benzene rings is 2. The molecule has 0 spiro atoms. The molecule has 1 aliphatic rings. The highest BCUT2D eigenvalue weighted by Crippen LogP contribution is 2.41. The van der Waals surface area contributed by atoms with Gasteiger partial charge in [-0.05, 0) is 30.5 Å². The molecular weight excluding hydrogens is 436 g/mol. The van der Waals surface area contributed by atoms with Gasteiger partial charge in [-0.1, -0.05) is 12.2 Å². The first kappa shape index (κ1) is 22.9. The molecule has 0 aliphatic heterocycles. The van der Waals surface area contributed by atoms with Crippen molar-refractivity contribution < 1.29 is 23.7 Å². The summed E-state index contributed by atoms with van der Waals surface area (Å²) in [4.78, 5) is 20.4. The molecule has 1 aliphatic carbocycles. The highest BCUT2D eigenvalue weighted by molar-refractivity contribution is 5.91. The van der Waals surface area contributed by atoms with Crippen molar-refractivity contribution in [2.45, 2.75) is 19.8 Å². The average molecular weight is 463 g/mol. The number of fused-ring (bicyclic) bond motifs is 1. The van der Waals surface area contributed by atoms with Gasteiger partial charge in [-0.15, -0.1) is 0 Å². The lowest BCUT2D eigenvalue weighted by atomic mass is 9.94. The van der Waals surface area contributed by atoms with Crippen LogP contribution >= 0.6 is 0 Å². The number of allylic oxidation sites excluding steroid dienone is 1. The van der Waals surface area contributed by atoms with Gasteiger partial charge < -0.3 is 29.6 Å². The van der Waals surface area contributed by atoms with Gasteiger partial charge in [-0.2, -0.15) is 4.98 Å². The van der Waals surface area contributed by atoms with E-state index in [1.54, 1.807) is 45.9 Å². The Morgan fingerprint density at radius 3 is 2.44 bits per heavy atom. The van der Waals surface area contributed by atoms with Gasteiger partial charge in [0.05, 0.1) is 33.7 Å². The summed E-state index contributed by atoms with van der Waals surface area (Å²) < 4.78 is 22.3. The number of carbonyl (C=O) groups is 1. The van der Waals surface area contributed by atoms with Crippen molar-refractivity contribution in [1.82, 2.24) is 9.97 Å². The van der Waals surface area contributed by atoms with E-state index < -0.39 is 0 Å². The van der Waals surface area contributed by atoms with Crippen LogP contribution in [0.1, 0.15) is 24.5 Å². The number of hydrogen-bond donors (Lipinski definition) is 2. The Morgan fingerprint density at radius 2 is 1.76 bits per heavy atom. The Hall–Kier alpha value is -4.27. The van der Waals surface area contributed by atoms with Gasteiger partial charge in [-0.3, -0.25) is 9.78 Å². The second-order valence-corrected chi connectivity index (χ2v) is 7.51. The van der Waals surface area contributed by atoms with Crippen LogP contribution in [-0.4, -0.2) is 37.2 Å². The van der Waals surface area contributed by atoms with Crippen LogP contribution in [-0.2, 0) is 11.2 Å². The van der Waals surface area contributed by atoms with Gasteiger partial charge in [0, 0.05) is 36.0 Å². The van der Waals surface area contributed by atoms with Crippen LogP contribution in [0.2, 0.25) is 0 Å². The summed E-state index contributed by atoms with van der Waals surface area (Å²) in [6.45, 7) is 1.50. The first-order valence-corrected chi connectivity index (χ1v) is 10.7. The van der Waals surface area contributed by atoms with Crippen molar-refractivity contribution >= 4 is 29.2 Å². The van der Waals surface area contributed by atoms with E-state index in [1.807, 2.05) is 18.2 Å². The van der Waals surface area contributed by atoms with Crippen LogP contribution in [0, 0.1) is 0 Å². The Balaban J connectivity index is 1.60. The van der Waals surface area contributed by atoms with Crippen molar-refractivity contribution in [3.05, 3.63) is 53.9 Å². The summed E-state index contributed by atoms with van der Waals surface area (Å²) in [5.74, 6) is 2.86. The van der Waals surface area contributed by atoms with E-state index in [4.69, 9.17) is 18.9 Å². The predicted molar refractivity (Wildman–Crippen MR) is 130 cm³/mol. The zero-order valence-corrected chi connectivity index (χ0v) is 19.5. The highest BCUT2D eigenvalue weighted by Gasteiger charge is 2.17. The fraction of sp³-hybridized carbons (Fsp3) is 0.240. The highest BCUT2D eigenvalue weighted by atomic mass is 16.5. The number of nitrogens with one attached hydrogen (secondary N) is 2. The zero-order valence-electron chi connectivity index (χ0n) is 19.5. The second kappa shape index (κ2) is 10.1. The SMILES string of the molecule is COc1cc(Nc2cncc(Oc3ccc(NC(C)=O)c4c3C=CCC4)n2)cc(OC)c1OC. The molecule has 3 aromatic rings. The third kappa shape index (κ3) is 4.88. The molecule has 0 bridgehead atoms. The molecule has 1 heterocycles. The van der Waals surface area contributed by atoms with Crippen LogP contribution in [0.15, 0.2) is 42.7 Å². The molecule has 0 atom stereocenters. The Bertz CT molecular complexity index is 1220. The van der Waals surface area contributed by atoms with E-state index in [9.17, 15) is 4.79 Å². The lowest BCUT2D eigenvalue weighted by molar-refractivity contribution is -0.114. The van der Waals surface area contributed by atoms with Crippen LogP contribution in [0.25, 0.3) is 6.08 Å². The van der Waals surface area contributed by atoms with Crippen molar-refractivity contribution in [3.8, 4) is 28.9 Å². The first-order valence-electron chi connectivity index (χ1n) is 10.7. The molecule has 34 heavy (non-hydrogen) atoms. The summed E-state index contributed by atoms with van der Waals surface area (Å²) in [6, 6.07) is 7.22. The molecule has 2 N–H and O–H groups in total. The maximum absolute atomic E-state index is 11.6. The van der Waals surface area contributed by atoms with E-state index in [0.717, 1.165) is 29.7 Å². The number of ether oxygens (including phenoxy) is 4. The van der Waals surface area contributed by atoms with E-state index in [-0.39, 0.29) is 5.91 Å². The van der Waals surface area contributed by atoms with Crippen LogP contribution in [0.3, 0.4) is 0 Å². The van der Waals surface area contributed by atoms with E-state index in [2.05, 4.69) is 26.7 Å². The molecule has 9 nitrogen and oxygen atoms in total. The van der Waals surface area contributed by atoms with Gasteiger partial charge in [0.1, 0.15) is 5.75 Å². The molecule has 2 aromatic carbocycles. The standard InChI is InChI=1S/C25H26N4O5/c1-15(30)27-19-9-10-20(18-8-6-5-7-17(18)19)34-24-14-26-13-23(29-24)28-16-11-21(31-2)25(33-4)22(12-16)32-3/h6,8-14H,5,7H2,1-4H3,(H,27,30)(H,28,29). The zero-order chi connectivity index (χ0) is 24.1. The molecule has 9 heteroatoms. The topological polar surface area (TPSA) is 104 Å². The second-order valence-electron chi connectivity index (χ2n) is 7.51. The largest absolute Gasteiger partial charge is 0.493 e. The molecular formula is C25H26N4O5. The van der Waals surface area contributed by atoms with Crippen LogP contribution < -0.4 is 29.6 Å². The van der Waals surface area contributed by atoms with Crippen LogP contribution in [0.5, 0.6) is 28.9 Å². The maximum Gasteiger partial charge on any atom is 0.239 e. The normalized spacial score (nSPS) is 11.9. The Labute approximate surface area is 197 Å². The molecule has 0 radical (unpaired) electrons. The predicted octanol–water partition coefficient (Wildman–Crippen LogP) is 4.96. The minimum Gasteiger partial charge on any atom is -0.493 e. The molecule has 0 saturated carbocycles. The minimum absolute atomic E-state index is 0.109. The Morgan fingerprint density at radius 1 is 1.00 bits per heavy atom.